The normalized spacial score (nSPS) is 12.0. The summed E-state index contributed by atoms with van der Waals surface area (Å²) in [6, 6.07) is 8.16. The molecular formula is C17H21N3OS3. The molecule has 0 radical (unpaired) electrons. The van der Waals surface area contributed by atoms with Crippen molar-refractivity contribution < 1.29 is 4.79 Å². The molecule has 0 saturated heterocycles. The minimum Gasteiger partial charge on any atom is -0.351 e. The van der Waals surface area contributed by atoms with Crippen molar-refractivity contribution in [2.75, 3.05) is 5.75 Å². The van der Waals surface area contributed by atoms with E-state index in [1.807, 2.05) is 45.0 Å². The fraction of sp³-hybridized carbons (Fsp3) is 0.353. The smallest absolute Gasteiger partial charge is 0.233 e. The summed E-state index contributed by atoms with van der Waals surface area (Å²) in [5, 5.41) is 11.0. The molecule has 1 aromatic carbocycles. The fourth-order valence-corrected chi connectivity index (χ4v) is 4.76. The Balaban J connectivity index is 1.80. The number of benzene rings is 1. The first-order valence-corrected chi connectivity index (χ1v) is 10.2. The Kier molecular flexibility index (Phi) is 7.33. The van der Waals surface area contributed by atoms with E-state index in [4.69, 9.17) is 0 Å². The summed E-state index contributed by atoms with van der Waals surface area (Å²) >= 11 is 4.59. The predicted molar refractivity (Wildman–Crippen MR) is 104 cm³/mol. The average Bonchev–Trinajstić information content (AvgIpc) is 2.99. The quantitative estimate of drug-likeness (QED) is 0.547. The minimum absolute atomic E-state index is 0.00640. The molecule has 1 amide bonds. The number of hydrogen-bond acceptors (Lipinski definition) is 6. The average molecular weight is 380 g/mol. The van der Waals surface area contributed by atoms with E-state index in [2.05, 4.69) is 22.1 Å². The van der Waals surface area contributed by atoms with Crippen molar-refractivity contribution >= 4 is 40.8 Å². The topological polar surface area (TPSA) is 54.9 Å². The van der Waals surface area contributed by atoms with Crippen molar-refractivity contribution in [3.63, 3.8) is 0 Å². The summed E-state index contributed by atoms with van der Waals surface area (Å²) in [7, 11) is 0. The van der Waals surface area contributed by atoms with Crippen molar-refractivity contribution in [3.05, 3.63) is 47.5 Å². The number of thioether (sulfide) groups is 2. The maximum Gasteiger partial charge on any atom is 0.233 e. The van der Waals surface area contributed by atoms with Crippen LogP contribution in [0.2, 0.25) is 0 Å². The number of carbonyl (C=O) groups excluding carboxylic acids is 1. The van der Waals surface area contributed by atoms with Crippen LogP contribution in [0.25, 0.3) is 0 Å². The van der Waals surface area contributed by atoms with Gasteiger partial charge < -0.3 is 5.32 Å². The number of hydrogen-bond donors (Lipinski definition) is 1. The van der Waals surface area contributed by atoms with Gasteiger partial charge in [-0.05, 0) is 26.3 Å². The van der Waals surface area contributed by atoms with Crippen LogP contribution in [0.5, 0.6) is 0 Å². The molecule has 2 aromatic rings. The highest BCUT2D eigenvalue weighted by atomic mass is 32.2. The van der Waals surface area contributed by atoms with Gasteiger partial charge in [-0.1, -0.05) is 76.8 Å². The Morgan fingerprint density at radius 2 is 1.96 bits per heavy atom. The molecule has 0 fully saturated rings. The van der Waals surface area contributed by atoms with Gasteiger partial charge in [-0.3, -0.25) is 4.79 Å². The van der Waals surface area contributed by atoms with Gasteiger partial charge >= 0.3 is 0 Å². The molecule has 4 nitrogen and oxygen atoms in total. The van der Waals surface area contributed by atoms with E-state index in [0.717, 1.165) is 25.6 Å². The second kappa shape index (κ2) is 9.25. The van der Waals surface area contributed by atoms with Crippen LogP contribution in [0.15, 0.2) is 45.1 Å². The molecular weight excluding hydrogens is 358 g/mol. The fourth-order valence-electron chi connectivity index (χ4n) is 1.73. The molecule has 1 atom stereocenters. The zero-order valence-electron chi connectivity index (χ0n) is 14.0. The molecule has 7 heteroatoms. The highest BCUT2D eigenvalue weighted by Crippen LogP contribution is 2.31. The lowest BCUT2D eigenvalue weighted by Gasteiger charge is -2.10. The molecule has 0 saturated carbocycles. The summed E-state index contributed by atoms with van der Waals surface area (Å²) in [4.78, 5) is 12.2. The maximum absolute atomic E-state index is 12.2. The largest absolute Gasteiger partial charge is 0.351 e. The van der Waals surface area contributed by atoms with E-state index >= 15 is 0 Å². The highest BCUT2D eigenvalue weighted by molar-refractivity contribution is 8.04. The van der Waals surface area contributed by atoms with E-state index in [9.17, 15) is 4.79 Å². The van der Waals surface area contributed by atoms with Crippen LogP contribution in [0, 0.1) is 6.92 Å². The lowest BCUT2D eigenvalue weighted by Crippen LogP contribution is -2.30. The van der Waals surface area contributed by atoms with Crippen LogP contribution < -0.4 is 5.32 Å². The van der Waals surface area contributed by atoms with Gasteiger partial charge in [0.1, 0.15) is 0 Å². The first kappa shape index (κ1) is 19.0. The summed E-state index contributed by atoms with van der Waals surface area (Å²) in [5.74, 6) is 0.846. The molecule has 0 unspecified atom stereocenters. The van der Waals surface area contributed by atoms with Gasteiger partial charge in [0.2, 0.25) is 5.91 Å². The Bertz CT molecular complexity index is 697. The number of aryl methyl sites for hydroxylation is 1. The second-order valence-corrected chi connectivity index (χ2v) is 9.33. The van der Waals surface area contributed by atoms with Crippen molar-refractivity contribution in [2.45, 2.75) is 41.2 Å². The van der Waals surface area contributed by atoms with Gasteiger partial charge in [-0.15, -0.1) is 10.2 Å². The van der Waals surface area contributed by atoms with Crippen molar-refractivity contribution in [2.24, 2.45) is 0 Å². The molecule has 128 valence electrons. The number of rotatable bonds is 8. The second-order valence-electron chi connectivity index (χ2n) is 5.54. The predicted octanol–water partition coefficient (Wildman–Crippen LogP) is 4.31. The highest BCUT2D eigenvalue weighted by Gasteiger charge is 2.17. The molecule has 0 aliphatic carbocycles. The van der Waals surface area contributed by atoms with Gasteiger partial charge in [0, 0.05) is 12.3 Å². The lowest BCUT2D eigenvalue weighted by molar-refractivity contribution is -0.120. The third kappa shape index (κ3) is 6.30. The Hall–Kier alpha value is -1.31. The number of aromatic nitrogens is 2. The van der Waals surface area contributed by atoms with E-state index < -0.39 is 0 Å². The first-order valence-electron chi connectivity index (χ1n) is 7.54. The van der Waals surface area contributed by atoms with Gasteiger partial charge in [-0.25, -0.2) is 0 Å². The van der Waals surface area contributed by atoms with Crippen molar-refractivity contribution in [1.29, 1.82) is 0 Å². The summed E-state index contributed by atoms with van der Waals surface area (Å²) < 4.78 is 1.73. The van der Waals surface area contributed by atoms with Crippen LogP contribution in [0.3, 0.4) is 0 Å². The zero-order valence-corrected chi connectivity index (χ0v) is 16.5. The SMILES string of the molecule is C=C(C)CSc1nnc(S[C@H](C)C(=O)NCc2ccc(C)cc2)s1. The standard InChI is InChI=1S/C17H21N3OS3/c1-11(2)10-22-16-19-20-17(24-16)23-13(4)15(21)18-9-14-7-5-12(3)6-8-14/h5-8,13H,1,9-10H2,2-4H3,(H,18,21)/t13-/m1/s1. The molecule has 0 aliphatic heterocycles. The van der Waals surface area contributed by atoms with E-state index in [0.29, 0.717) is 6.54 Å². The third-order valence-corrected chi connectivity index (χ3v) is 6.54. The maximum atomic E-state index is 12.2. The van der Waals surface area contributed by atoms with Crippen LogP contribution in [-0.4, -0.2) is 27.1 Å². The molecule has 1 N–H and O–H groups in total. The molecule has 2 rings (SSSR count). The molecule has 0 aliphatic rings. The molecule has 0 bridgehead atoms. The molecule has 1 heterocycles. The van der Waals surface area contributed by atoms with Crippen molar-refractivity contribution in [1.82, 2.24) is 15.5 Å². The van der Waals surface area contributed by atoms with Gasteiger partial charge in [-0.2, -0.15) is 0 Å². The zero-order chi connectivity index (χ0) is 17.5. The number of carbonyl (C=O) groups is 1. The molecule has 24 heavy (non-hydrogen) atoms. The molecule has 1 aromatic heterocycles. The lowest BCUT2D eigenvalue weighted by atomic mass is 10.1. The Morgan fingerprint density at radius 3 is 2.62 bits per heavy atom. The van der Waals surface area contributed by atoms with Gasteiger partial charge in [0.25, 0.3) is 0 Å². The van der Waals surface area contributed by atoms with Crippen LogP contribution in [0.4, 0.5) is 0 Å². The summed E-state index contributed by atoms with van der Waals surface area (Å²) in [5.41, 5.74) is 3.42. The summed E-state index contributed by atoms with van der Waals surface area (Å²) in [6.45, 7) is 10.3. The van der Waals surface area contributed by atoms with Crippen LogP contribution in [0.1, 0.15) is 25.0 Å². The summed E-state index contributed by atoms with van der Waals surface area (Å²) in [6.07, 6.45) is 0. The van der Waals surface area contributed by atoms with E-state index in [1.165, 1.54) is 28.7 Å². The van der Waals surface area contributed by atoms with Gasteiger partial charge in [0.15, 0.2) is 8.68 Å². The number of amides is 1. The Morgan fingerprint density at radius 1 is 1.29 bits per heavy atom. The minimum atomic E-state index is -0.206. The first-order chi connectivity index (χ1) is 11.4. The van der Waals surface area contributed by atoms with E-state index in [-0.39, 0.29) is 11.2 Å². The van der Waals surface area contributed by atoms with E-state index in [1.54, 1.807) is 11.8 Å². The van der Waals surface area contributed by atoms with Gasteiger partial charge in [0.05, 0.1) is 5.25 Å². The van der Waals surface area contributed by atoms with Crippen LogP contribution >= 0.6 is 34.9 Å². The number of nitrogens with zero attached hydrogens (tertiary/aromatic N) is 2. The third-order valence-electron chi connectivity index (χ3n) is 3.06. The number of nitrogens with one attached hydrogen (secondary N) is 1. The monoisotopic (exact) mass is 379 g/mol. The Labute approximate surface area is 155 Å². The van der Waals surface area contributed by atoms with Crippen molar-refractivity contribution in [3.8, 4) is 0 Å². The molecule has 0 spiro atoms. The van der Waals surface area contributed by atoms with Crippen LogP contribution in [-0.2, 0) is 11.3 Å².